The lowest BCUT2D eigenvalue weighted by Gasteiger charge is -2.32. The van der Waals surface area contributed by atoms with Crippen LogP contribution in [0.3, 0.4) is 0 Å². The van der Waals surface area contributed by atoms with Gasteiger partial charge in [0.25, 0.3) is 5.95 Å². The molecule has 8 nitrogen and oxygen atoms in total. The van der Waals surface area contributed by atoms with Crippen LogP contribution in [-0.2, 0) is 4.74 Å². The van der Waals surface area contributed by atoms with E-state index in [4.69, 9.17) is 14.4 Å². The van der Waals surface area contributed by atoms with Crippen LogP contribution >= 0.6 is 0 Å². The van der Waals surface area contributed by atoms with Gasteiger partial charge >= 0.3 is 6.09 Å². The number of aromatic nitrogens is 4. The van der Waals surface area contributed by atoms with Crippen molar-refractivity contribution in [2.75, 3.05) is 13.1 Å². The maximum atomic E-state index is 12.3. The van der Waals surface area contributed by atoms with Crippen LogP contribution in [-0.4, -0.2) is 49.6 Å². The number of carbonyl (C=O) groups is 1. The summed E-state index contributed by atoms with van der Waals surface area (Å²) in [6.45, 7) is 11.1. The van der Waals surface area contributed by atoms with E-state index in [-0.39, 0.29) is 12.0 Å². The van der Waals surface area contributed by atoms with Gasteiger partial charge in [0, 0.05) is 24.4 Å². The molecule has 0 aliphatic carbocycles. The van der Waals surface area contributed by atoms with Crippen molar-refractivity contribution >= 4 is 17.0 Å². The minimum atomic E-state index is -0.489. The molecule has 1 aromatic carbocycles. The number of ether oxygens (including phenoxy) is 1. The largest absolute Gasteiger partial charge is 0.444 e. The van der Waals surface area contributed by atoms with Gasteiger partial charge in [0.05, 0.1) is 11.2 Å². The molecule has 30 heavy (non-hydrogen) atoms. The normalized spacial score (nSPS) is 15.9. The Morgan fingerprint density at radius 2 is 1.90 bits per heavy atom. The average molecular weight is 412 g/mol. The average Bonchev–Trinajstić information content (AvgIpc) is 3.32. The van der Waals surface area contributed by atoms with Crippen molar-refractivity contribution in [1.29, 1.82) is 0 Å². The maximum absolute atomic E-state index is 12.3. The van der Waals surface area contributed by atoms with Crippen LogP contribution in [0.4, 0.5) is 4.79 Å². The van der Waals surface area contributed by atoms with Crippen molar-refractivity contribution < 1.29 is 14.1 Å². The molecule has 4 rings (SSSR count). The predicted octanol–water partition coefficient (Wildman–Crippen LogP) is 4.65. The van der Waals surface area contributed by atoms with Crippen molar-refractivity contribution in [3.63, 3.8) is 0 Å². The highest BCUT2D eigenvalue weighted by atomic mass is 16.6. The molecule has 0 N–H and O–H groups in total. The summed E-state index contributed by atoms with van der Waals surface area (Å²) < 4.78 is 12.8. The third kappa shape index (κ3) is 4.04. The SMILES string of the molecule is CC(C)c1nn(-c2noc(C3CCN(C(=O)OC(C)(C)C)CC3)n2)c2ccccc12. The third-order valence-electron chi connectivity index (χ3n) is 5.28. The van der Waals surface area contributed by atoms with Gasteiger partial charge in [-0.1, -0.05) is 32.0 Å². The monoisotopic (exact) mass is 411 g/mol. The van der Waals surface area contributed by atoms with Crippen LogP contribution in [0.15, 0.2) is 28.8 Å². The molecule has 1 fully saturated rings. The summed E-state index contributed by atoms with van der Waals surface area (Å²) in [5.41, 5.74) is 1.49. The molecule has 8 heteroatoms. The lowest BCUT2D eigenvalue weighted by atomic mass is 9.97. The fourth-order valence-electron chi connectivity index (χ4n) is 3.78. The molecule has 0 bridgehead atoms. The van der Waals surface area contributed by atoms with E-state index in [1.165, 1.54) is 0 Å². The first kappa shape index (κ1) is 20.4. The molecule has 3 aromatic rings. The lowest BCUT2D eigenvalue weighted by molar-refractivity contribution is 0.0198. The fourth-order valence-corrected chi connectivity index (χ4v) is 3.78. The van der Waals surface area contributed by atoms with Gasteiger partial charge in [-0.05, 0) is 50.8 Å². The highest BCUT2D eigenvalue weighted by Gasteiger charge is 2.30. The first-order valence-corrected chi connectivity index (χ1v) is 10.5. The Balaban J connectivity index is 1.50. The Labute approximate surface area is 176 Å². The Kier molecular flexibility index (Phi) is 5.26. The quantitative estimate of drug-likeness (QED) is 0.624. The Bertz CT molecular complexity index is 1040. The molecule has 3 heterocycles. The second kappa shape index (κ2) is 7.74. The van der Waals surface area contributed by atoms with E-state index in [0.717, 1.165) is 29.4 Å². The molecule has 1 aliphatic heterocycles. The second-order valence-corrected chi connectivity index (χ2v) is 9.14. The first-order valence-electron chi connectivity index (χ1n) is 10.5. The van der Waals surface area contributed by atoms with Crippen molar-refractivity contribution in [2.24, 2.45) is 0 Å². The third-order valence-corrected chi connectivity index (χ3v) is 5.28. The van der Waals surface area contributed by atoms with Gasteiger partial charge in [-0.2, -0.15) is 14.8 Å². The van der Waals surface area contributed by atoms with Crippen LogP contribution < -0.4 is 0 Å². The maximum Gasteiger partial charge on any atom is 0.410 e. The lowest BCUT2D eigenvalue weighted by Crippen LogP contribution is -2.41. The van der Waals surface area contributed by atoms with Gasteiger partial charge < -0.3 is 14.2 Å². The fraction of sp³-hybridized carbons (Fsp3) is 0.545. The zero-order valence-electron chi connectivity index (χ0n) is 18.3. The highest BCUT2D eigenvalue weighted by Crippen LogP contribution is 2.30. The van der Waals surface area contributed by atoms with Gasteiger partial charge in [0.1, 0.15) is 5.60 Å². The van der Waals surface area contributed by atoms with Crippen molar-refractivity contribution in [3.05, 3.63) is 35.9 Å². The van der Waals surface area contributed by atoms with Gasteiger partial charge in [-0.25, -0.2) is 4.79 Å². The first-order chi connectivity index (χ1) is 14.2. The molecular weight excluding hydrogens is 382 g/mol. The Morgan fingerprint density at radius 1 is 1.20 bits per heavy atom. The number of hydrogen-bond acceptors (Lipinski definition) is 6. The van der Waals surface area contributed by atoms with Gasteiger partial charge in [0.15, 0.2) is 0 Å². The molecule has 160 valence electrons. The van der Waals surface area contributed by atoms with Crippen molar-refractivity contribution in [1.82, 2.24) is 24.8 Å². The molecule has 0 spiro atoms. The molecular formula is C22H29N5O3. The molecule has 2 aromatic heterocycles. The summed E-state index contributed by atoms with van der Waals surface area (Å²) in [6, 6.07) is 8.09. The van der Waals surface area contributed by atoms with E-state index in [1.807, 2.05) is 39.0 Å². The van der Waals surface area contributed by atoms with Gasteiger partial charge in [-0.3, -0.25) is 0 Å². The number of carbonyl (C=O) groups excluding carboxylic acids is 1. The van der Waals surface area contributed by atoms with Crippen LogP contribution in [0.2, 0.25) is 0 Å². The Morgan fingerprint density at radius 3 is 2.57 bits per heavy atom. The number of para-hydroxylation sites is 1. The van der Waals surface area contributed by atoms with Crippen LogP contribution in [0.5, 0.6) is 0 Å². The number of likely N-dealkylation sites (tertiary alicyclic amines) is 1. The van der Waals surface area contributed by atoms with E-state index < -0.39 is 5.60 Å². The number of rotatable bonds is 3. The van der Waals surface area contributed by atoms with Crippen LogP contribution in [0.25, 0.3) is 16.9 Å². The topological polar surface area (TPSA) is 86.3 Å². The highest BCUT2D eigenvalue weighted by molar-refractivity contribution is 5.83. The summed E-state index contributed by atoms with van der Waals surface area (Å²) in [4.78, 5) is 18.7. The van der Waals surface area contributed by atoms with E-state index in [2.05, 4.69) is 30.1 Å². The standard InChI is InChI=1S/C22H29N5O3/c1-14(2)18-16-8-6-7-9-17(16)27(24-18)20-23-19(30-25-20)15-10-12-26(13-11-15)21(28)29-22(3,4)5/h6-9,14-15H,10-13H2,1-5H3. The summed E-state index contributed by atoms with van der Waals surface area (Å²) in [5.74, 6) is 1.46. The molecule has 0 radical (unpaired) electrons. The molecule has 0 saturated carbocycles. The van der Waals surface area contributed by atoms with Crippen molar-refractivity contribution in [3.8, 4) is 5.95 Å². The number of benzene rings is 1. The van der Waals surface area contributed by atoms with Crippen LogP contribution in [0.1, 0.15) is 70.9 Å². The zero-order chi connectivity index (χ0) is 21.5. The van der Waals surface area contributed by atoms with Gasteiger partial charge in [-0.15, -0.1) is 0 Å². The van der Waals surface area contributed by atoms with Gasteiger partial charge in [0.2, 0.25) is 5.89 Å². The number of nitrogens with zero attached hydrogens (tertiary/aromatic N) is 5. The zero-order valence-corrected chi connectivity index (χ0v) is 18.3. The summed E-state index contributed by atoms with van der Waals surface area (Å²) in [5, 5.41) is 10.0. The van der Waals surface area contributed by atoms with E-state index in [1.54, 1.807) is 9.58 Å². The number of fused-ring (bicyclic) bond motifs is 1. The van der Waals surface area contributed by atoms with Crippen LogP contribution in [0, 0.1) is 0 Å². The number of hydrogen-bond donors (Lipinski definition) is 0. The summed E-state index contributed by atoms with van der Waals surface area (Å²) in [6.07, 6.45) is 1.26. The molecule has 1 aliphatic rings. The molecule has 1 saturated heterocycles. The van der Waals surface area contributed by atoms with E-state index >= 15 is 0 Å². The predicted molar refractivity (Wildman–Crippen MR) is 113 cm³/mol. The molecule has 1 amide bonds. The van der Waals surface area contributed by atoms with E-state index in [9.17, 15) is 4.79 Å². The smallest absolute Gasteiger partial charge is 0.410 e. The number of piperidine rings is 1. The van der Waals surface area contributed by atoms with Crippen molar-refractivity contribution in [2.45, 2.75) is 64.9 Å². The molecule has 0 atom stereocenters. The minimum absolute atomic E-state index is 0.122. The molecule has 0 unspecified atom stereocenters. The van der Waals surface area contributed by atoms with E-state index in [0.29, 0.717) is 30.8 Å². The Hall–Kier alpha value is -2.90. The number of amides is 1. The second-order valence-electron chi connectivity index (χ2n) is 9.14. The minimum Gasteiger partial charge on any atom is -0.444 e. The summed E-state index contributed by atoms with van der Waals surface area (Å²) in [7, 11) is 0. The summed E-state index contributed by atoms with van der Waals surface area (Å²) >= 11 is 0.